The monoisotopic (exact) mass is 238 g/mol. The SMILES string of the molecule is Cc1ccnc(NC(C)C(C)CO)c1C(=O)O. The van der Waals surface area contributed by atoms with Gasteiger partial charge in [0.05, 0.1) is 0 Å². The normalized spacial score (nSPS) is 14.1. The van der Waals surface area contributed by atoms with Crippen molar-refractivity contribution in [3.8, 4) is 0 Å². The van der Waals surface area contributed by atoms with E-state index in [0.29, 0.717) is 11.4 Å². The Hall–Kier alpha value is -1.62. The van der Waals surface area contributed by atoms with Gasteiger partial charge in [0.15, 0.2) is 0 Å². The van der Waals surface area contributed by atoms with Crippen molar-refractivity contribution < 1.29 is 15.0 Å². The average Bonchev–Trinajstić information content (AvgIpc) is 2.27. The zero-order valence-corrected chi connectivity index (χ0v) is 10.3. The summed E-state index contributed by atoms with van der Waals surface area (Å²) in [6.07, 6.45) is 1.57. The summed E-state index contributed by atoms with van der Waals surface area (Å²) in [5.74, 6) is -0.619. The van der Waals surface area contributed by atoms with E-state index in [0.717, 1.165) is 0 Å². The van der Waals surface area contributed by atoms with Gasteiger partial charge < -0.3 is 15.5 Å². The Kier molecular flexibility index (Phi) is 4.45. The summed E-state index contributed by atoms with van der Waals surface area (Å²) in [5, 5.41) is 21.2. The van der Waals surface area contributed by atoms with E-state index in [1.807, 2.05) is 13.8 Å². The molecule has 0 aliphatic carbocycles. The van der Waals surface area contributed by atoms with Gasteiger partial charge in [0, 0.05) is 18.8 Å². The molecule has 5 heteroatoms. The molecule has 0 bridgehead atoms. The van der Waals surface area contributed by atoms with Gasteiger partial charge in [-0.2, -0.15) is 0 Å². The minimum atomic E-state index is -0.998. The van der Waals surface area contributed by atoms with Gasteiger partial charge in [0.2, 0.25) is 0 Å². The minimum Gasteiger partial charge on any atom is -0.478 e. The van der Waals surface area contributed by atoms with Gasteiger partial charge in [-0.15, -0.1) is 0 Å². The molecule has 1 aromatic heterocycles. The van der Waals surface area contributed by atoms with E-state index in [1.54, 1.807) is 19.2 Å². The van der Waals surface area contributed by atoms with Crippen molar-refractivity contribution in [1.29, 1.82) is 0 Å². The van der Waals surface area contributed by atoms with E-state index in [1.165, 1.54) is 0 Å². The van der Waals surface area contributed by atoms with Crippen LogP contribution in [0.25, 0.3) is 0 Å². The zero-order chi connectivity index (χ0) is 13.0. The first-order chi connectivity index (χ1) is 7.97. The van der Waals surface area contributed by atoms with Crippen LogP contribution in [0, 0.1) is 12.8 Å². The van der Waals surface area contributed by atoms with Crippen LogP contribution in [0.1, 0.15) is 29.8 Å². The summed E-state index contributed by atoms with van der Waals surface area (Å²) in [5.41, 5.74) is 0.850. The van der Waals surface area contributed by atoms with Crippen molar-refractivity contribution in [3.63, 3.8) is 0 Å². The van der Waals surface area contributed by atoms with Gasteiger partial charge in [0.1, 0.15) is 11.4 Å². The Labute approximate surface area is 101 Å². The number of hydrogen-bond acceptors (Lipinski definition) is 4. The summed E-state index contributed by atoms with van der Waals surface area (Å²) in [7, 11) is 0. The van der Waals surface area contributed by atoms with Crippen LogP contribution >= 0.6 is 0 Å². The number of anilines is 1. The molecule has 0 amide bonds. The largest absolute Gasteiger partial charge is 0.478 e. The minimum absolute atomic E-state index is 0.0268. The maximum atomic E-state index is 11.1. The van der Waals surface area contributed by atoms with Gasteiger partial charge in [0.25, 0.3) is 0 Å². The van der Waals surface area contributed by atoms with Crippen LogP contribution in [0.4, 0.5) is 5.82 Å². The Morgan fingerprint density at radius 3 is 2.71 bits per heavy atom. The van der Waals surface area contributed by atoms with Gasteiger partial charge in [-0.3, -0.25) is 0 Å². The van der Waals surface area contributed by atoms with Gasteiger partial charge in [-0.25, -0.2) is 9.78 Å². The summed E-state index contributed by atoms with van der Waals surface area (Å²) >= 11 is 0. The Morgan fingerprint density at radius 2 is 2.18 bits per heavy atom. The molecule has 0 saturated heterocycles. The zero-order valence-electron chi connectivity index (χ0n) is 10.3. The second-order valence-corrected chi connectivity index (χ2v) is 4.25. The molecule has 2 atom stereocenters. The lowest BCUT2D eigenvalue weighted by molar-refractivity contribution is 0.0696. The number of carboxylic acid groups (broad SMARTS) is 1. The standard InChI is InChI=1S/C12H18N2O3/c1-7-4-5-13-11(10(7)12(16)17)14-9(3)8(2)6-15/h4-5,8-9,15H,6H2,1-3H3,(H,13,14)(H,16,17). The van der Waals surface area contributed by atoms with Crippen molar-refractivity contribution in [2.24, 2.45) is 5.92 Å². The number of aromatic carboxylic acids is 1. The predicted molar refractivity (Wildman–Crippen MR) is 65.3 cm³/mol. The quantitative estimate of drug-likeness (QED) is 0.724. The molecule has 2 unspecified atom stereocenters. The highest BCUT2D eigenvalue weighted by Gasteiger charge is 2.18. The van der Waals surface area contributed by atoms with Crippen molar-refractivity contribution in [1.82, 2.24) is 4.98 Å². The number of aryl methyl sites for hydroxylation is 1. The first-order valence-electron chi connectivity index (χ1n) is 5.53. The van der Waals surface area contributed by atoms with Crippen LogP contribution in [-0.4, -0.2) is 33.8 Å². The molecule has 0 fully saturated rings. The van der Waals surface area contributed by atoms with Crippen LogP contribution in [0.2, 0.25) is 0 Å². The van der Waals surface area contributed by atoms with Crippen LogP contribution in [0.5, 0.6) is 0 Å². The highest BCUT2D eigenvalue weighted by Crippen LogP contribution is 2.19. The topological polar surface area (TPSA) is 82.5 Å². The second kappa shape index (κ2) is 5.63. The van der Waals surface area contributed by atoms with Crippen LogP contribution < -0.4 is 5.32 Å². The molecule has 0 aromatic carbocycles. The van der Waals surface area contributed by atoms with Crippen molar-refractivity contribution in [2.75, 3.05) is 11.9 Å². The second-order valence-electron chi connectivity index (χ2n) is 4.25. The molecule has 0 aliphatic heterocycles. The highest BCUT2D eigenvalue weighted by atomic mass is 16.4. The van der Waals surface area contributed by atoms with Crippen molar-refractivity contribution in [2.45, 2.75) is 26.8 Å². The molecule has 94 valence electrons. The molecule has 1 rings (SSSR count). The van der Waals surface area contributed by atoms with E-state index in [9.17, 15) is 4.79 Å². The molecule has 3 N–H and O–H groups in total. The predicted octanol–water partition coefficient (Wildman–Crippen LogP) is 1.52. The number of aliphatic hydroxyl groups is 1. The molecule has 1 heterocycles. The molecule has 17 heavy (non-hydrogen) atoms. The lowest BCUT2D eigenvalue weighted by Crippen LogP contribution is -2.27. The molecular formula is C12H18N2O3. The fourth-order valence-corrected chi connectivity index (χ4v) is 1.45. The van der Waals surface area contributed by atoms with Crippen LogP contribution in [0.15, 0.2) is 12.3 Å². The van der Waals surface area contributed by atoms with Gasteiger partial charge in [-0.05, 0) is 31.4 Å². The first-order valence-corrected chi connectivity index (χ1v) is 5.53. The lowest BCUT2D eigenvalue weighted by atomic mass is 10.0. The van der Waals surface area contributed by atoms with E-state index in [2.05, 4.69) is 10.3 Å². The average molecular weight is 238 g/mol. The third-order valence-electron chi connectivity index (χ3n) is 2.88. The number of carbonyl (C=O) groups is 1. The number of nitrogens with one attached hydrogen (secondary N) is 1. The third kappa shape index (κ3) is 3.17. The maximum absolute atomic E-state index is 11.1. The molecule has 0 radical (unpaired) electrons. The number of rotatable bonds is 5. The molecular weight excluding hydrogens is 220 g/mol. The Bertz CT molecular complexity index is 407. The molecule has 0 saturated carbocycles. The number of nitrogens with zero attached hydrogens (tertiary/aromatic N) is 1. The third-order valence-corrected chi connectivity index (χ3v) is 2.88. The maximum Gasteiger partial charge on any atom is 0.339 e. The van der Waals surface area contributed by atoms with E-state index in [-0.39, 0.29) is 24.1 Å². The molecule has 0 spiro atoms. The number of aromatic nitrogens is 1. The van der Waals surface area contributed by atoms with Gasteiger partial charge in [-0.1, -0.05) is 6.92 Å². The summed E-state index contributed by atoms with van der Waals surface area (Å²) < 4.78 is 0. The number of hydrogen-bond donors (Lipinski definition) is 3. The fourth-order valence-electron chi connectivity index (χ4n) is 1.45. The fraction of sp³-hybridized carbons (Fsp3) is 0.500. The highest BCUT2D eigenvalue weighted by molar-refractivity contribution is 5.94. The first kappa shape index (κ1) is 13.4. The Balaban J connectivity index is 2.98. The Morgan fingerprint density at radius 1 is 1.53 bits per heavy atom. The van der Waals surface area contributed by atoms with E-state index < -0.39 is 5.97 Å². The summed E-state index contributed by atoms with van der Waals surface area (Å²) in [6.45, 7) is 5.54. The van der Waals surface area contributed by atoms with Crippen molar-refractivity contribution >= 4 is 11.8 Å². The number of carboxylic acids is 1. The van der Waals surface area contributed by atoms with Gasteiger partial charge >= 0.3 is 5.97 Å². The lowest BCUT2D eigenvalue weighted by Gasteiger charge is -2.21. The summed E-state index contributed by atoms with van der Waals surface area (Å²) in [4.78, 5) is 15.2. The molecule has 5 nitrogen and oxygen atoms in total. The van der Waals surface area contributed by atoms with E-state index >= 15 is 0 Å². The number of aliphatic hydroxyl groups excluding tert-OH is 1. The van der Waals surface area contributed by atoms with Crippen LogP contribution in [-0.2, 0) is 0 Å². The number of pyridine rings is 1. The summed E-state index contributed by atoms with van der Waals surface area (Å²) in [6, 6.07) is 1.61. The van der Waals surface area contributed by atoms with Crippen LogP contribution in [0.3, 0.4) is 0 Å². The molecule has 1 aromatic rings. The van der Waals surface area contributed by atoms with E-state index in [4.69, 9.17) is 10.2 Å². The smallest absolute Gasteiger partial charge is 0.339 e. The molecule has 0 aliphatic rings. The van der Waals surface area contributed by atoms with Crippen molar-refractivity contribution in [3.05, 3.63) is 23.4 Å².